The molecule has 0 atom stereocenters. The summed E-state index contributed by atoms with van der Waals surface area (Å²) >= 11 is 6.17. The quantitative estimate of drug-likeness (QED) is 0.397. The second-order valence-corrected chi connectivity index (χ2v) is 9.46. The van der Waals surface area contributed by atoms with Crippen LogP contribution >= 0.6 is 11.6 Å². The first-order valence-electron chi connectivity index (χ1n) is 9.98. The normalized spacial score (nSPS) is 11.7. The maximum atomic E-state index is 13.3. The first-order chi connectivity index (χ1) is 15.3. The Morgan fingerprint density at radius 2 is 1.88 bits per heavy atom. The summed E-state index contributed by atoms with van der Waals surface area (Å²) in [6, 6.07) is 11.8. The molecule has 2 aromatic heterocycles. The number of aryl methyl sites for hydroxylation is 1. The van der Waals surface area contributed by atoms with Gasteiger partial charge >= 0.3 is 0 Å². The van der Waals surface area contributed by atoms with Gasteiger partial charge in [-0.1, -0.05) is 35.9 Å². The number of hydrogen-bond acceptors (Lipinski definition) is 7. The molecule has 0 fully saturated rings. The Hall–Kier alpha value is -3.24. The van der Waals surface area contributed by atoms with Crippen molar-refractivity contribution in [3.05, 3.63) is 53.1 Å². The number of carbonyl (C=O) groups excluding carboxylic acids is 1. The van der Waals surface area contributed by atoms with Crippen molar-refractivity contribution in [3.8, 4) is 0 Å². The molecule has 0 spiro atoms. The number of amides is 1. The number of benzene rings is 2. The van der Waals surface area contributed by atoms with E-state index >= 15 is 0 Å². The van der Waals surface area contributed by atoms with E-state index in [-0.39, 0.29) is 21.5 Å². The number of anilines is 1. The minimum atomic E-state index is -3.94. The molecule has 0 radical (unpaired) electrons. The van der Waals surface area contributed by atoms with Gasteiger partial charge in [-0.05, 0) is 42.3 Å². The predicted molar refractivity (Wildman–Crippen MR) is 122 cm³/mol. The molecule has 0 saturated heterocycles. The van der Waals surface area contributed by atoms with Gasteiger partial charge in [0.25, 0.3) is 0 Å². The molecule has 0 aliphatic heterocycles. The fourth-order valence-electron chi connectivity index (χ4n) is 3.31. The predicted octanol–water partition coefficient (Wildman–Crippen LogP) is 2.87. The van der Waals surface area contributed by atoms with E-state index in [9.17, 15) is 13.2 Å². The summed E-state index contributed by atoms with van der Waals surface area (Å²) in [4.78, 5) is 15.8. The molecule has 9 nitrogen and oxygen atoms in total. The molecule has 32 heavy (non-hydrogen) atoms. The van der Waals surface area contributed by atoms with Crippen LogP contribution in [0.3, 0.4) is 0 Å². The molecular formula is C21H21ClN6O3S. The van der Waals surface area contributed by atoms with Crippen LogP contribution in [-0.2, 0) is 21.1 Å². The fourth-order valence-corrected chi connectivity index (χ4v) is 4.72. The molecule has 0 aliphatic rings. The average Bonchev–Trinajstić information content (AvgIpc) is 3.21. The number of carbonyl (C=O) groups is 1. The van der Waals surface area contributed by atoms with E-state index in [4.69, 9.17) is 11.6 Å². The lowest BCUT2D eigenvalue weighted by molar-refractivity contribution is -0.118. The summed E-state index contributed by atoms with van der Waals surface area (Å²) in [6.07, 6.45) is 0.804. The molecule has 4 aromatic rings. The number of nitrogens with one attached hydrogen (secondary N) is 2. The first-order valence-corrected chi connectivity index (χ1v) is 11.8. The van der Waals surface area contributed by atoms with Crippen molar-refractivity contribution < 1.29 is 13.2 Å². The minimum absolute atomic E-state index is 0.0985. The summed E-state index contributed by atoms with van der Waals surface area (Å²) < 4.78 is 28.0. The van der Waals surface area contributed by atoms with Crippen LogP contribution < -0.4 is 10.6 Å². The topological polar surface area (TPSA) is 118 Å². The molecule has 0 saturated carbocycles. The lowest BCUT2D eigenvalue weighted by Crippen LogP contribution is -2.26. The van der Waals surface area contributed by atoms with Crippen molar-refractivity contribution in [1.29, 1.82) is 0 Å². The molecule has 0 aliphatic carbocycles. The third-order valence-electron chi connectivity index (χ3n) is 4.96. The van der Waals surface area contributed by atoms with Crippen LogP contribution in [0.25, 0.3) is 16.6 Å². The van der Waals surface area contributed by atoms with Gasteiger partial charge in [0.1, 0.15) is 5.82 Å². The highest BCUT2D eigenvalue weighted by Crippen LogP contribution is 2.29. The van der Waals surface area contributed by atoms with E-state index < -0.39 is 9.84 Å². The Bertz CT molecular complexity index is 1420. The van der Waals surface area contributed by atoms with E-state index in [0.717, 1.165) is 12.0 Å². The van der Waals surface area contributed by atoms with Crippen LogP contribution in [0, 0.1) is 0 Å². The Balaban J connectivity index is 1.84. The standard InChI is InChI=1S/C21H21ClN6O3S/c1-3-14-4-7-16(8-5-14)32(30,31)21-20-25-19(24-11-10-23-13(2)29)17-12-15(22)6-9-18(17)28(20)27-26-21/h4-9,12H,3,10-11H2,1-2H3,(H,23,29)(H,24,25). The van der Waals surface area contributed by atoms with Crippen LogP contribution in [0.1, 0.15) is 19.4 Å². The zero-order valence-corrected chi connectivity index (χ0v) is 19.0. The van der Waals surface area contributed by atoms with Crippen molar-refractivity contribution in [2.24, 2.45) is 0 Å². The van der Waals surface area contributed by atoms with E-state index in [2.05, 4.69) is 25.9 Å². The third kappa shape index (κ3) is 4.11. The lowest BCUT2D eigenvalue weighted by atomic mass is 10.2. The van der Waals surface area contributed by atoms with Gasteiger partial charge in [0, 0.05) is 30.4 Å². The van der Waals surface area contributed by atoms with Crippen LogP contribution in [0.5, 0.6) is 0 Å². The first kappa shape index (κ1) is 22.0. The monoisotopic (exact) mass is 472 g/mol. The molecule has 166 valence electrons. The van der Waals surface area contributed by atoms with Crippen LogP contribution in [0.15, 0.2) is 52.4 Å². The molecule has 0 bridgehead atoms. The van der Waals surface area contributed by atoms with Crippen LogP contribution in [0.2, 0.25) is 5.02 Å². The van der Waals surface area contributed by atoms with Crippen LogP contribution in [0.4, 0.5) is 5.82 Å². The molecule has 11 heteroatoms. The summed E-state index contributed by atoms with van der Waals surface area (Å²) in [7, 11) is -3.94. The van der Waals surface area contributed by atoms with E-state index in [1.54, 1.807) is 42.5 Å². The van der Waals surface area contributed by atoms with Gasteiger partial charge < -0.3 is 10.6 Å². The number of hydrogen-bond donors (Lipinski definition) is 2. The smallest absolute Gasteiger partial charge is 0.229 e. The van der Waals surface area contributed by atoms with Gasteiger partial charge in [0.15, 0.2) is 5.65 Å². The van der Waals surface area contributed by atoms with E-state index in [0.29, 0.717) is 34.8 Å². The van der Waals surface area contributed by atoms with Crippen molar-refractivity contribution in [1.82, 2.24) is 25.1 Å². The highest BCUT2D eigenvalue weighted by Gasteiger charge is 2.27. The second-order valence-electron chi connectivity index (χ2n) is 7.16. The van der Waals surface area contributed by atoms with Gasteiger partial charge in [0.2, 0.25) is 20.8 Å². The number of nitrogens with zero attached hydrogens (tertiary/aromatic N) is 4. The molecule has 0 unspecified atom stereocenters. The summed E-state index contributed by atoms with van der Waals surface area (Å²) in [5, 5.41) is 14.8. The number of aromatic nitrogens is 4. The molecule has 4 rings (SSSR count). The van der Waals surface area contributed by atoms with Gasteiger partial charge in [0.05, 0.1) is 10.4 Å². The van der Waals surface area contributed by atoms with Crippen molar-refractivity contribution >= 4 is 49.7 Å². The van der Waals surface area contributed by atoms with Gasteiger partial charge in [-0.25, -0.2) is 13.4 Å². The zero-order valence-electron chi connectivity index (χ0n) is 17.5. The third-order valence-corrected chi connectivity index (χ3v) is 6.87. The van der Waals surface area contributed by atoms with E-state index in [1.165, 1.54) is 11.4 Å². The SMILES string of the molecule is CCc1ccc(S(=O)(=O)c2nnn3c2nc(NCCNC(C)=O)c2cc(Cl)ccc23)cc1. The van der Waals surface area contributed by atoms with Gasteiger partial charge in [-0.2, -0.15) is 4.52 Å². The van der Waals surface area contributed by atoms with Crippen molar-refractivity contribution in [3.63, 3.8) is 0 Å². The van der Waals surface area contributed by atoms with Crippen molar-refractivity contribution in [2.75, 3.05) is 18.4 Å². The number of fused-ring (bicyclic) bond motifs is 3. The maximum Gasteiger partial charge on any atom is 0.229 e. The number of sulfone groups is 1. The largest absolute Gasteiger partial charge is 0.368 e. The zero-order chi connectivity index (χ0) is 22.9. The van der Waals surface area contributed by atoms with Gasteiger partial charge in [-0.15, -0.1) is 5.10 Å². The summed E-state index contributed by atoms with van der Waals surface area (Å²) in [5.41, 5.74) is 1.72. The van der Waals surface area contributed by atoms with Crippen molar-refractivity contribution in [2.45, 2.75) is 30.2 Å². The number of rotatable bonds is 7. The average molecular weight is 473 g/mol. The Labute approximate surface area is 189 Å². The van der Waals surface area contributed by atoms with E-state index in [1.807, 2.05) is 6.92 Å². The lowest BCUT2D eigenvalue weighted by Gasteiger charge is -2.11. The molecule has 2 N–H and O–H groups in total. The van der Waals surface area contributed by atoms with Crippen LogP contribution in [-0.4, -0.2) is 47.2 Å². The fraction of sp³-hybridized carbons (Fsp3) is 0.238. The molecule has 1 amide bonds. The highest BCUT2D eigenvalue weighted by atomic mass is 35.5. The number of halogens is 1. The summed E-state index contributed by atoms with van der Waals surface area (Å²) in [5.74, 6) is 0.269. The molecular weight excluding hydrogens is 452 g/mol. The Kier molecular flexibility index (Phi) is 5.98. The Morgan fingerprint density at radius 3 is 2.56 bits per heavy atom. The molecule has 2 heterocycles. The Morgan fingerprint density at radius 1 is 1.12 bits per heavy atom. The highest BCUT2D eigenvalue weighted by molar-refractivity contribution is 7.91. The van der Waals surface area contributed by atoms with Gasteiger partial charge in [-0.3, -0.25) is 4.79 Å². The summed E-state index contributed by atoms with van der Waals surface area (Å²) in [6.45, 7) is 4.18. The second kappa shape index (κ2) is 8.71. The minimum Gasteiger partial charge on any atom is -0.368 e. The molecule has 2 aromatic carbocycles. The maximum absolute atomic E-state index is 13.3.